The summed E-state index contributed by atoms with van der Waals surface area (Å²) in [6.45, 7) is 7.04. The van der Waals surface area contributed by atoms with Gasteiger partial charge in [0.25, 0.3) is 0 Å². The normalized spacial score (nSPS) is 32.1. The summed E-state index contributed by atoms with van der Waals surface area (Å²) in [6.07, 6.45) is 2.77. The molecule has 1 spiro atoms. The summed E-state index contributed by atoms with van der Waals surface area (Å²) in [4.78, 5) is 13.7. The van der Waals surface area contributed by atoms with Crippen molar-refractivity contribution in [2.24, 2.45) is 11.3 Å². The topological polar surface area (TPSA) is 53.3 Å². The van der Waals surface area contributed by atoms with Crippen LogP contribution in [0.4, 0.5) is 4.79 Å². The van der Waals surface area contributed by atoms with E-state index < -0.39 is 5.60 Å². The van der Waals surface area contributed by atoms with Crippen molar-refractivity contribution in [3.63, 3.8) is 0 Å². The third-order valence-corrected chi connectivity index (χ3v) is 3.86. The molecule has 1 saturated carbocycles. The second-order valence-corrected chi connectivity index (χ2v) is 6.23. The van der Waals surface area contributed by atoms with Crippen molar-refractivity contribution in [2.75, 3.05) is 13.1 Å². The lowest BCUT2D eigenvalue weighted by Crippen LogP contribution is -2.43. The van der Waals surface area contributed by atoms with Crippen molar-refractivity contribution in [3.8, 4) is 6.07 Å². The predicted octanol–water partition coefficient (Wildman–Crippen LogP) is 2.55. The Morgan fingerprint density at radius 2 is 2.18 bits per heavy atom. The van der Waals surface area contributed by atoms with E-state index in [0.717, 1.165) is 25.8 Å². The Morgan fingerprint density at radius 1 is 1.47 bits per heavy atom. The Morgan fingerprint density at radius 3 is 2.65 bits per heavy atom. The van der Waals surface area contributed by atoms with Gasteiger partial charge in [-0.25, -0.2) is 4.79 Å². The van der Waals surface area contributed by atoms with Crippen LogP contribution in [-0.4, -0.2) is 29.7 Å². The number of hydrogen-bond acceptors (Lipinski definition) is 3. The molecule has 1 amide bonds. The van der Waals surface area contributed by atoms with Crippen LogP contribution in [0.3, 0.4) is 0 Å². The summed E-state index contributed by atoms with van der Waals surface area (Å²) in [5.74, 6) is 0.134. The van der Waals surface area contributed by atoms with E-state index >= 15 is 0 Å². The minimum atomic E-state index is -0.443. The highest BCUT2D eigenvalue weighted by Crippen LogP contribution is 2.52. The fourth-order valence-corrected chi connectivity index (χ4v) is 2.77. The first kappa shape index (κ1) is 12.2. The van der Waals surface area contributed by atoms with Crippen molar-refractivity contribution >= 4 is 6.09 Å². The van der Waals surface area contributed by atoms with E-state index in [0.29, 0.717) is 6.54 Å². The third kappa shape index (κ3) is 2.24. The van der Waals surface area contributed by atoms with E-state index in [-0.39, 0.29) is 17.4 Å². The van der Waals surface area contributed by atoms with Gasteiger partial charge in [0.15, 0.2) is 0 Å². The van der Waals surface area contributed by atoms with Crippen molar-refractivity contribution in [2.45, 2.75) is 45.6 Å². The molecular formula is C13H20N2O2. The van der Waals surface area contributed by atoms with Crippen LogP contribution >= 0.6 is 0 Å². The molecule has 0 aromatic heterocycles. The van der Waals surface area contributed by atoms with Gasteiger partial charge in [-0.2, -0.15) is 5.26 Å². The van der Waals surface area contributed by atoms with Gasteiger partial charge in [-0.05, 0) is 40.0 Å². The minimum absolute atomic E-state index is 0.0751. The quantitative estimate of drug-likeness (QED) is 0.649. The predicted molar refractivity (Wildman–Crippen MR) is 63.2 cm³/mol. The summed E-state index contributed by atoms with van der Waals surface area (Å²) < 4.78 is 5.36. The Bertz CT molecular complexity index is 367. The number of rotatable bonds is 0. The zero-order valence-electron chi connectivity index (χ0n) is 10.8. The van der Waals surface area contributed by atoms with Gasteiger partial charge in [0, 0.05) is 18.5 Å². The lowest BCUT2D eigenvalue weighted by atomic mass is 9.60. The SMILES string of the molecule is CC(C)(C)OC(=O)N1CCC2(CCC2C#N)C1. The van der Waals surface area contributed by atoms with Gasteiger partial charge in [0.2, 0.25) is 0 Å². The van der Waals surface area contributed by atoms with Crippen LogP contribution < -0.4 is 0 Å². The average molecular weight is 236 g/mol. The Labute approximate surface area is 103 Å². The maximum atomic E-state index is 11.9. The fraction of sp³-hybridized carbons (Fsp3) is 0.846. The molecule has 1 saturated heterocycles. The lowest BCUT2D eigenvalue weighted by Gasteiger charge is -2.42. The largest absolute Gasteiger partial charge is 0.444 e. The molecule has 0 aromatic rings. The van der Waals surface area contributed by atoms with Gasteiger partial charge >= 0.3 is 6.09 Å². The molecule has 4 nitrogen and oxygen atoms in total. The number of ether oxygens (including phenoxy) is 1. The van der Waals surface area contributed by atoms with E-state index in [9.17, 15) is 4.79 Å². The van der Waals surface area contributed by atoms with E-state index in [1.54, 1.807) is 4.90 Å². The lowest BCUT2D eigenvalue weighted by molar-refractivity contribution is 0.0202. The summed E-state index contributed by atoms with van der Waals surface area (Å²) in [6, 6.07) is 2.36. The second-order valence-electron chi connectivity index (χ2n) is 6.23. The van der Waals surface area contributed by atoms with Crippen LogP contribution in [0, 0.1) is 22.7 Å². The Hall–Kier alpha value is -1.24. The molecule has 1 aliphatic heterocycles. The van der Waals surface area contributed by atoms with Gasteiger partial charge in [-0.15, -0.1) is 0 Å². The molecule has 94 valence electrons. The molecular weight excluding hydrogens is 216 g/mol. The zero-order chi connectivity index (χ0) is 12.7. The van der Waals surface area contributed by atoms with Crippen molar-refractivity contribution in [1.82, 2.24) is 4.90 Å². The summed E-state index contributed by atoms with van der Waals surface area (Å²) >= 11 is 0. The third-order valence-electron chi connectivity index (χ3n) is 3.86. The molecule has 2 aliphatic rings. The van der Waals surface area contributed by atoms with Crippen LogP contribution in [0.25, 0.3) is 0 Å². The maximum Gasteiger partial charge on any atom is 0.410 e. The minimum Gasteiger partial charge on any atom is -0.444 e. The Balaban J connectivity index is 1.95. The van der Waals surface area contributed by atoms with E-state index in [2.05, 4.69) is 6.07 Å². The van der Waals surface area contributed by atoms with Crippen LogP contribution in [0.1, 0.15) is 40.0 Å². The number of hydrogen-bond donors (Lipinski definition) is 0. The van der Waals surface area contributed by atoms with Crippen LogP contribution in [0.2, 0.25) is 0 Å². The molecule has 2 unspecified atom stereocenters. The molecule has 0 radical (unpaired) electrons. The number of carbonyl (C=O) groups is 1. The number of carbonyl (C=O) groups excluding carboxylic acids is 1. The smallest absolute Gasteiger partial charge is 0.410 e. The fourth-order valence-electron chi connectivity index (χ4n) is 2.77. The van der Waals surface area contributed by atoms with Crippen molar-refractivity contribution in [1.29, 1.82) is 5.26 Å². The van der Waals surface area contributed by atoms with Crippen LogP contribution in [0.5, 0.6) is 0 Å². The molecule has 1 aliphatic carbocycles. The van der Waals surface area contributed by atoms with Crippen molar-refractivity contribution in [3.05, 3.63) is 0 Å². The standard InChI is InChI=1S/C13H20N2O2/c1-12(2,3)17-11(16)15-7-6-13(9-15)5-4-10(13)8-14/h10H,4-7,9H2,1-3H3. The van der Waals surface area contributed by atoms with Gasteiger partial charge in [0.1, 0.15) is 5.60 Å². The summed E-state index contributed by atoms with van der Waals surface area (Å²) in [7, 11) is 0. The maximum absolute atomic E-state index is 11.9. The first-order chi connectivity index (χ1) is 7.86. The number of nitriles is 1. The molecule has 4 heteroatoms. The molecule has 1 heterocycles. The van der Waals surface area contributed by atoms with Gasteiger partial charge < -0.3 is 9.64 Å². The second kappa shape index (κ2) is 3.90. The zero-order valence-corrected chi connectivity index (χ0v) is 10.8. The summed E-state index contributed by atoms with van der Waals surface area (Å²) in [5.41, 5.74) is -0.368. The van der Waals surface area contributed by atoms with Crippen LogP contribution in [-0.2, 0) is 4.74 Å². The molecule has 0 N–H and O–H groups in total. The van der Waals surface area contributed by atoms with Gasteiger partial charge in [-0.1, -0.05) is 0 Å². The highest BCUT2D eigenvalue weighted by molar-refractivity contribution is 5.68. The molecule has 0 bridgehead atoms. The number of amides is 1. The summed E-state index contributed by atoms with van der Waals surface area (Å²) in [5, 5.41) is 9.04. The number of likely N-dealkylation sites (tertiary alicyclic amines) is 1. The first-order valence-corrected chi connectivity index (χ1v) is 6.24. The highest BCUT2D eigenvalue weighted by atomic mass is 16.6. The molecule has 2 fully saturated rings. The first-order valence-electron chi connectivity index (χ1n) is 6.24. The van der Waals surface area contributed by atoms with Gasteiger partial charge in [-0.3, -0.25) is 0 Å². The average Bonchev–Trinajstić information content (AvgIpc) is 2.60. The van der Waals surface area contributed by atoms with Crippen molar-refractivity contribution < 1.29 is 9.53 Å². The molecule has 2 rings (SSSR count). The van der Waals surface area contributed by atoms with Crippen LogP contribution in [0.15, 0.2) is 0 Å². The highest BCUT2D eigenvalue weighted by Gasteiger charge is 2.52. The number of nitrogens with zero attached hydrogens (tertiary/aromatic N) is 2. The molecule has 17 heavy (non-hydrogen) atoms. The molecule has 0 aromatic carbocycles. The van der Waals surface area contributed by atoms with Gasteiger partial charge in [0.05, 0.1) is 12.0 Å². The molecule has 2 atom stereocenters. The van der Waals surface area contributed by atoms with E-state index in [4.69, 9.17) is 10.00 Å². The monoisotopic (exact) mass is 236 g/mol. The Kier molecular flexibility index (Phi) is 2.81. The van der Waals surface area contributed by atoms with E-state index in [1.807, 2.05) is 20.8 Å². The van der Waals surface area contributed by atoms with E-state index in [1.165, 1.54) is 0 Å².